The Kier molecular flexibility index (Phi) is 4.92. The minimum atomic E-state index is -0.332. The van der Waals surface area contributed by atoms with Gasteiger partial charge in [0.2, 0.25) is 5.56 Å². The lowest BCUT2D eigenvalue weighted by Crippen LogP contribution is -2.58. The molecule has 1 amide bonds. The van der Waals surface area contributed by atoms with E-state index < -0.39 is 0 Å². The number of aromatic nitrogens is 1. The van der Waals surface area contributed by atoms with Gasteiger partial charge in [0, 0.05) is 41.6 Å². The number of aromatic amines is 1. The van der Waals surface area contributed by atoms with Gasteiger partial charge in [0.25, 0.3) is 5.91 Å². The summed E-state index contributed by atoms with van der Waals surface area (Å²) in [6.07, 6.45) is 1.38. The highest BCUT2D eigenvalue weighted by atomic mass is 16.3. The Labute approximate surface area is 146 Å². The quantitative estimate of drug-likeness (QED) is 0.785. The molecule has 25 heavy (non-hydrogen) atoms. The van der Waals surface area contributed by atoms with E-state index in [1.807, 2.05) is 18.2 Å². The van der Waals surface area contributed by atoms with Crippen LogP contribution in [0.25, 0.3) is 10.9 Å². The molecule has 1 aliphatic rings. The number of piperidine rings is 1. The number of amides is 1. The molecule has 1 aromatic carbocycles. The number of carbonyl (C=O) groups is 1. The van der Waals surface area contributed by atoms with Crippen molar-refractivity contribution in [3.63, 3.8) is 0 Å². The first-order chi connectivity index (χ1) is 11.9. The lowest BCUT2D eigenvalue weighted by atomic mass is 9.87. The van der Waals surface area contributed by atoms with Gasteiger partial charge in [0.1, 0.15) is 0 Å². The average Bonchev–Trinajstić information content (AvgIpc) is 2.60. The largest absolute Gasteiger partial charge is 0.394 e. The van der Waals surface area contributed by atoms with Crippen molar-refractivity contribution in [1.29, 1.82) is 0 Å². The lowest BCUT2D eigenvalue weighted by Gasteiger charge is -2.42. The molecule has 2 aromatic rings. The zero-order valence-electron chi connectivity index (χ0n) is 14.7. The van der Waals surface area contributed by atoms with Crippen LogP contribution in [0.1, 0.15) is 37.0 Å². The third-order valence-electron chi connectivity index (χ3n) is 4.89. The number of pyridine rings is 1. The van der Waals surface area contributed by atoms with Crippen molar-refractivity contribution in [2.45, 2.75) is 38.3 Å². The number of para-hydroxylation sites is 1. The van der Waals surface area contributed by atoms with Gasteiger partial charge >= 0.3 is 0 Å². The molecule has 6 nitrogen and oxygen atoms in total. The smallest absolute Gasteiger partial charge is 0.254 e. The van der Waals surface area contributed by atoms with Crippen LogP contribution in [0, 0.1) is 0 Å². The molecule has 1 saturated heterocycles. The van der Waals surface area contributed by atoms with E-state index in [1.54, 1.807) is 11.0 Å². The molecule has 134 valence electrons. The molecule has 0 bridgehead atoms. The normalized spacial score (nSPS) is 17.2. The van der Waals surface area contributed by atoms with Crippen molar-refractivity contribution in [2.24, 2.45) is 0 Å². The molecule has 0 aliphatic carbocycles. The van der Waals surface area contributed by atoms with Crippen molar-refractivity contribution < 1.29 is 9.90 Å². The first-order valence-electron chi connectivity index (χ1n) is 8.74. The number of rotatable bonds is 4. The molecule has 1 aliphatic heterocycles. The number of hydrogen-bond acceptors (Lipinski definition) is 4. The number of aliphatic hydroxyl groups is 1. The predicted octanol–water partition coefficient (Wildman–Crippen LogP) is 1.49. The number of hydrogen-bond donors (Lipinski definition) is 3. The third kappa shape index (κ3) is 3.60. The Hall–Kier alpha value is -2.18. The fraction of sp³-hybridized carbons (Fsp3) is 0.474. The Morgan fingerprint density at radius 1 is 1.32 bits per heavy atom. The number of aliphatic hydroxyl groups excluding tert-OH is 1. The fourth-order valence-electron chi connectivity index (χ4n) is 3.65. The summed E-state index contributed by atoms with van der Waals surface area (Å²) in [7, 11) is 0. The average molecular weight is 343 g/mol. The number of likely N-dealkylation sites (tertiary alicyclic amines) is 1. The standard InChI is InChI=1S/C19H25N3O3/c1-13(2)21-19(12-23)7-9-22(10-8-19)18(25)15-11-17(24)20-16-6-4-3-5-14(15)16/h3-6,11,13,21,23H,7-10,12H2,1-2H3,(H,20,24). The van der Waals surface area contributed by atoms with Crippen LogP contribution in [0.2, 0.25) is 0 Å². The summed E-state index contributed by atoms with van der Waals surface area (Å²) in [4.78, 5) is 29.4. The maximum atomic E-state index is 13.0. The minimum Gasteiger partial charge on any atom is -0.394 e. The Balaban J connectivity index is 1.83. The van der Waals surface area contributed by atoms with Crippen LogP contribution in [0.5, 0.6) is 0 Å². The van der Waals surface area contributed by atoms with Gasteiger partial charge in [-0.25, -0.2) is 0 Å². The first-order valence-corrected chi connectivity index (χ1v) is 8.74. The Morgan fingerprint density at radius 2 is 2.00 bits per heavy atom. The number of fused-ring (bicyclic) bond motifs is 1. The van der Waals surface area contributed by atoms with E-state index >= 15 is 0 Å². The number of carbonyl (C=O) groups excluding carboxylic acids is 1. The lowest BCUT2D eigenvalue weighted by molar-refractivity contribution is 0.0512. The Bertz CT molecular complexity index is 820. The zero-order chi connectivity index (χ0) is 18.0. The van der Waals surface area contributed by atoms with Gasteiger partial charge in [-0.05, 0) is 18.9 Å². The van der Waals surface area contributed by atoms with Crippen LogP contribution in [0.4, 0.5) is 0 Å². The molecule has 3 N–H and O–H groups in total. The van der Waals surface area contributed by atoms with Crippen molar-refractivity contribution in [3.05, 3.63) is 46.2 Å². The summed E-state index contributed by atoms with van der Waals surface area (Å²) in [5.74, 6) is -0.126. The van der Waals surface area contributed by atoms with Crippen molar-refractivity contribution in [3.8, 4) is 0 Å². The van der Waals surface area contributed by atoms with Crippen LogP contribution in [0.15, 0.2) is 35.1 Å². The molecule has 0 saturated carbocycles. The fourth-order valence-corrected chi connectivity index (χ4v) is 3.65. The van der Waals surface area contributed by atoms with Gasteiger partial charge in [0.15, 0.2) is 0 Å². The van der Waals surface area contributed by atoms with Gasteiger partial charge < -0.3 is 20.3 Å². The van der Waals surface area contributed by atoms with Crippen LogP contribution in [0.3, 0.4) is 0 Å². The SMILES string of the molecule is CC(C)NC1(CO)CCN(C(=O)c2cc(=O)[nH]c3ccccc23)CC1. The second kappa shape index (κ2) is 6.98. The maximum Gasteiger partial charge on any atom is 0.254 e. The highest BCUT2D eigenvalue weighted by molar-refractivity contribution is 6.05. The van der Waals surface area contributed by atoms with Gasteiger partial charge in [-0.15, -0.1) is 0 Å². The second-order valence-electron chi connectivity index (χ2n) is 7.12. The van der Waals surface area contributed by atoms with Crippen LogP contribution in [-0.4, -0.2) is 52.2 Å². The molecule has 0 unspecified atom stereocenters. The number of nitrogens with zero attached hydrogens (tertiary/aromatic N) is 1. The molecule has 1 fully saturated rings. The molecule has 0 radical (unpaired) electrons. The molecule has 0 spiro atoms. The number of nitrogens with one attached hydrogen (secondary N) is 2. The molecule has 0 atom stereocenters. The van der Waals surface area contributed by atoms with Crippen LogP contribution in [-0.2, 0) is 0 Å². The van der Waals surface area contributed by atoms with Crippen molar-refractivity contribution >= 4 is 16.8 Å². The second-order valence-corrected chi connectivity index (χ2v) is 7.12. The van der Waals surface area contributed by atoms with E-state index in [0.29, 0.717) is 37.0 Å². The number of benzene rings is 1. The molecule has 2 heterocycles. The van der Waals surface area contributed by atoms with E-state index in [9.17, 15) is 14.7 Å². The van der Waals surface area contributed by atoms with Crippen molar-refractivity contribution in [2.75, 3.05) is 19.7 Å². The molecule has 6 heteroatoms. The summed E-state index contributed by atoms with van der Waals surface area (Å²) in [6.45, 7) is 5.27. The minimum absolute atomic E-state index is 0.0567. The highest BCUT2D eigenvalue weighted by Gasteiger charge is 2.36. The highest BCUT2D eigenvalue weighted by Crippen LogP contribution is 2.25. The van der Waals surface area contributed by atoms with E-state index in [4.69, 9.17) is 0 Å². The zero-order valence-corrected chi connectivity index (χ0v) is 14.7. The maximum absolute atomic E-state index is 13.0. The summed E-state index contributed by atoms with van der Waals surface area (Å²) in [5.41, 5.74) is 0.501. The summed E-state index contributed by atoms with van der Waals surface area (Å²) >= 11 is 0. The van der Waals surface area contributed by atoms with E-state index in [1.165, 1.54) is 6.07 Å². The summed E-state index contributed by atoms with van der Waals surface area (Å²) in [6, 6.07) is 8.99. The topological polar surface area (TPSA) is 85.4 Å². The van der Waals surface area contributed by atoms with Gasteiger partial charge in [-0.1, -0.05) is 32.0 Å². The molecular formula is C19H25N3O3. The van der Waals surface area contributed by atoms with Crippen molar-refractivity contribution in [1.82, 2.24) is 15.2 Å². The van der Waals surface area contributed by atoms with Crippen LogP contribution < -0.4 is 10.9 Å². The van der Waals surface area contributed by atoms with Gasteiger partial charge in [0.05, 0.1) is 12.2 Å². The summed E-state index contributed by atoms with van der Waals surface area (Å²) < 4.78 is 0. The molecular weight excluding hydrogens is 318 g/mol. The van der Waals surface area contributed by atoms with Gasteiger partial charge in [-0.3, -0.25) is 9.59 Å². The monoisotopic (exact) mass is 343 g/mol. The third-order valence-corrected chi connectivity index (χ3v) is 4.89. The van der Waals surface area contributed by atoms with Gasteiger partial charge in [-0.2, -0.15) is 0 Å². The Morgan fingerprint density at radius 3 is 2.64 bits per heavy atom. The van der Waals surface area contributed by atoms with E-state index in [2.05, 4.69) is 24.1 Å². The summed E-state index contributed by atoms with van der Waals surface area (Å²) in [5, 5.41) is 14.0. The van der Waals surface area contributed by atoms with E-state index in [-0.39, 0.29) is 29.7 Å². The molecule has 1 aromatic heterocycles. The first kappa shape index (κ1) is 17.6. The van der Waals surface area contributed by atoms with E-state index in [0.717, 1.165) is 5.39 Å². The number of H-pyrrole nitrogens is 1. The molecule has 3 rings (SSSR count). The van der Waals surface area contributed by atoms with Crippen LogP contribution >= 0.6 is 0 Å². The predicted molar refractivity (Wildman–Crippen MR) is 97.8 cm³/mol.